The molecule has 6 nitrogen and oxygen atoms in total. The summed E-state index contributed by atoms with van der Waals surface area (Å²) in [5.74, 6) is 0.967. The van der Waals surface area contributed by atoms with E-state index >= 15 is 0 Å². The van der Waals surface area contributed by atoms with Gasteiger partial charge in [0.15, 0.2) is 0 Å². The molecule has 1 aliphatic rings. The van der Waals surface area contributed by atoms with E-state index in [4.69, 9.17) is 5.73 Å². The molecule has 1 amide bonds. The maximum Gasteiger partial charge on any atom is 0.286 e. The number of aromatic nitrogens is 3. The lowest BCUT2D eigenvalue weighted by Crippen LogP contribution is -2.28. The van der Waals surface area contributed by atoms with Crippen LogP contribution in [0.2, 0.25) is 0 Å². The number of rotatable bonds is 3. The summed E-state index contributed by atoms with van der Waals surface area (Å²) in [4.78, 5) is 13.5. The van der Waals surface area contributed by atoms with Gasteiger partial charge in [-0.15, -0.1) is 10.2 Å². The van der Waals surface area contributed by atoms with Crippen molar-refractivity contribution in [1.29, 1.82) is 0 Å². The first-order valence-corrected chi connectivity index (χ1v) is 7.66. The lowest BCUT2D eigenvalue weighted by atomic mass is 9.92. The normalized spacial score (nSPS) is 19.0. The van der Waals surface area contributed by atoms with Crippen molar-refractivity contribution in [2.45, 2.75) is 25.2 Å². The number of hydrogen-bond acceptors (Lipinski definition) is 4. The maximum absolute atomic E-state index is 11.3. The van der Waals surface area contributed by atoms with Crippen LogP contribution in [0.4, 0.5) is 5.95 Å². The van der Waals surface area contributed by atoms with Crippen molar-refractivity contribution in [3.05, 3.63) is 41.7 Å². The number of nitrogens with two attached hydrogens (primary N) is 1. The average molecular weight is 299 g/mol. The van der Waals surface area contributed by atoms with E-state index in [0.717, 1.165) is 31.9 Å². The Bertz CT molecular complexity index is 652. The first kappa shape index (κ1) is 14.6. The zero-order valence-corrected chi connectivity index (χ0v) is 12.8. The molecule has 2 N–H and O–H groups in total. The molecule has 116 valence electrons. The number of amides is 1. The Morgan fingerprint density at radius 2 is 1.95 bits per heavy atom. The summed E-state index contributed by atoms with van der Waals surface area (Å²) in [6.45, 7) is 1.83. The zero-order chi connectivity index (χ0) is 15.5. The van der Waals surface area contributed by atoms with Crippen molar-refractivity contribution in [1.82, 2.24) is 14.8 Å². The molecule has 1 fully saturated rings. The molecule has 1 saturated heterocycles. The minimum atomic E-state index is -0.543. The molecule has 1 aromatic carbocycles. The van der Waals surface area contributed by atoms with Gasteiger partial charge in [0, 0.05) is 20.1 Å². The number of hydrogen-bond donors (Lipinski definition) is 1. The summed E-state index contributed by atoms with van der Waals surface area (Å²) >= 11 is 0. The molecule has 6 heteroatoms. The fraction of sp³-hybridized carbons (Fsp3) is 0.438. The predicted molar refractivity (Wildman–Crippen MR) is 84.8 cm³/mol. The Morgan fingerprint density at radius 1 is 1.18 bits per heavy atom. The van der Waals surface area contributed by atoms with Crippen molar-refractivity contribution in [3.63, 3.8) is 0 Å². The highest BCUT2D eigenvalue weighted by atomic mass is 16.1. The van der Waals surface area contributed by atoms with Gasteiger partial charge in [0.2, 0.25) is 11.8 Å². The quantitative estimate of drug-likeness (QED) is 0.935. The van der Waals surface area contributed by atoms with Gasteiger partial charge in [-0.2, -0.15) is 0 Å². The minimum absolute atomic E-state index is 0.207. The largest absolute Gasteiger partial charge is 0.363 e. The summed E-state index contributed by atoms with van der Waals surface area (Å²) in [5, 5.41) is 8.03. The van der Waals surface area contributed by atoms with Crippen LogP contribution in [0.15, 0.2) is 30.3 Å². The van der Waals surface area contributed by atoms with Crippen LogP contribution < -0.4 is 10.6 Å². The summed E-state index contributed by atoms with van der Waals surface area (Å²) in [7, 11) is 1.79. The topological polar surface area (TPSA) is 77.0 Å². The van der Waals surface area contributed by atoms with E-state index in [9.17, 15) is 4.79 Å². The van der Waals surface area contributed by atoms with Gasteiger partial charge >= 0.3 is 0 Å². The number of carbonyl (C=O) groups is 1. The third-order valence-electron chi connectivity index (χ3n) is 4.35. The van der Waals surface area contributed by atoms with Crippen molar-refractivity contribution in [2.75, 3.05) is 18.0 Å². The van der Waals surface area contributed by atoms with E-state index in [1.807, 2.05) is 0 Å². The van der Waals surface area contributed by atoms with Crippen LogP contribution in [0.25, 0.3) is 0 Å². The molecule has 3 rings (SSSR count). The third-order valence-corrected chi connectivity index (χ3v) is 4.35. The van der Waals surface area contributed by atoms with Crippen molar-refractivity contribution >= 4 is 11.9 Å². The van der Waals surface area contributed by atoms with Gasteiger partial charge in [0.05, 0.1) is 0 Å². The van der Waals surface area contributed by atoms with Crippen LogP contribution in [0, 0.1) is 0 Å². The molecule has 1 aromatic heterocycles. The predicted octanol–water partition coefficient (Wildman–Crippen LogP) is 1.69. The lowest BCUT2D eigenvalue weighted by Gasteiger charge is -2.21. The highest BCUT2D eigenvalue weighted by Gasteiger charge is 2.23. The molecule has 1 atom stereocenters. The summed E-state index contributed by atoms with van der Waals surface area (Å²) < 4.78 is 1.69. The van der Waals surface area contributed by atoms with E-state index < -0.39 is 5.91 Å². The molecular formula is C16H21N5O. The summed E-state index contributed by atoms with van der Waals surface area (Å²) in [6, 6.07) is 10.7. The molecule has 2 heterocycles. The molecule has 0 saturated carbocycles. The molecule has 0 radical (unpaired) electrons. The van der Waals surface area contributed by atoms with E-state index in [2.05, 4.69) is 45.4 Å². The van der Waals surface area contributed by atoms with E-state index in [0.29, 0.717) is 5.92 Å². The maximum atomic E-state index is 11.3. The highest BCUT2D eigenvalue weighted by Crippen LogP contribution is 2.29. The number of benzene rings is 1. The lowest BCUT2D eigenvalue weighted by molar-refractivity contribution is 0.0987. The van der Waals surface area contributed by atoms with E-state index in [-0.39, 0.29) is 5.82 Å². The molecular weight excluding hydrogens is 278 g/mol. The van der Waals surface area contributed by atoms with Crippen molar-refractivity contribution in [3.8, 4) is 0 Å². The molecule has 1 unspecified atom stereocenters. The monoisotopic (exact) mass is 299 g/mol. The zero-order valence-electron chi connectivity index (χ0n) is 12.8. The van der Waals surface area contributed by atoms with Crippen LogP contribution in [0.1, 0.15) is 41.4 Å². The Hall–Kier alpha value is -2.37. The number of primary amides is 1. The minimum Gasteiger partial charge on any atom is -0.363 e. The van der Waals surface area contributed by atoms with Crippen LogP contribution >= 0.6 is 0 Å². The average Bonchev–Trinajstić information content (AvgIpc) is 2.76. The van der Waals surface area contributed by atoms with Crippen LogP contribution in [-0.2, 0) is 7.05 Å². The Balaban J connectivity index is 1.74. The van der Waals surface area contributed by atoms with Gasteiger partial charge in [-0.25, -0.2) is 0 Å². The molecule has 1 aliphatic heterocycles. The second-order valence-corrected chi connectivity index (χ2v) is 5.77. The van der Waals surface area contributed by atoms with Crippen molar-refractivity contribution < 1.29 is 4.79 Å². The van der Waals surface area contributed by atoms with E-state index in [1.165, 1.54) is 12.0 Å². The van der Waals surface area contributed by atoms with Crippen LogP contribution in [-0.4, -0.2) is 33.8 Å². The van der Waals surface area contributed by atoms with Gasteiger partial charge in [0.25, 0.3) is 5.91 Å². The van der Waals surface area contributed by atoms with Gasteiger partial charge in [0.1, 0.15) is 0 Å². The molecule has 2 aromatic rings. The number of nitrogens with zero attached hydrogens (tertiary/aromatic N) is 4. The van der Waals surface area contributed by atoms with Gasteiger partial charge in [-0.3, -0.25) is 9.36 Å². The number of anilines is 1. The van der Waals surface area contributed by atoms with Gasteiger partial charge in [-0.05, 0) is 30.7 Å². The Kier molecular flexibility index (Phi) is 4.09. The fourth-order valence-electron chi connectivity index (χ4n) is 3.17. The second kappa shape index (κ2) is 6.17. The SMILES string of the molecule is Cn1c(C(N)=O)nnc1N1CCCC(c2ccccc2)CC1. The summed E-state index contributed by atoms with van der Waals surface area (Å²) in [5.41, 5.74) is 6.71. The Labute approximate surface area is 129 Å². The van der Waals surface area contributed by atoms with E-state index in [1.54, 1.807) is 11.6 Å². The molecule has 0 spiro atoms. The van der Waals surface area contributed by atoms with Crippen LogP contribution in [0.5, 0.6) is 0 Å². The van der Waals surface area contributed by atoms with Crippen molar-refractivity contribution in [2.24, 2.45) is 12.8 Å². The smallest absolute Gasteiger partial charge is 0.286 e. The first-order chi connectivity index (χ1) is 10.7. The second-order valence-electron chi connectivity index (χ2n) is 5.77. The Morgan fingerprint density at radius 3 is 2.64 bits per heavy atom. The number of carbonyl (C=O) groups excluding carboxylic acids is 1. The van der Waals surface area contributed by atoms with Crippen LogP contribution in [0.3, 0.4) is 0 Å². The van der Waals surface area contributed by atoms with Gasteiger partial charge in [-0.1, -0.05) is 30.3 Å². The summed E-state index contributed by atoms with van der Waals surface area (Å²) in [6.07, 6.45) is 3.34. The molecule has 0 aliphatic carbocycles. The first-order valence-electron chi connectivity index (χ1n) is 7.66. The third kappa shape index (κ3) is 2.81. The standard InChI is InChI=1S/C16H21N5O/c1-20-15(14(17)22)18-19-16(20)21-10-5-8-13(9-11-21)12-6-3-2-4-7-12/h2-4,6-7,13H,5,8-11H2,1H3,(H2,17,22). The highest BCUT2D eigenvalue weighted by molar-refractivity contribution is 5.89. The fourth-order valence-corrected chi connectivity index (χ4v) is 3.17. The van der Waals surface area contributed by atoms with Gasteiger partial charge < -0.3 is 10.6 Å². The molecule has 22 heavy (non-hydrogen) atoms. The molecule has 0 bridgehead atoms.